The van der Waals surface area contributed by atoms with Crippen molar-refractivity contribution in [2.75, 3.05) is 6.61 Å². The molecule has 0 aliphatic carbocycles. The first-order chi connectivity index (χ1) is 6.94. The van der Waals surface area contributed by atoms with E-state index in [1.807, 2.05) is 32.2 Å². The van der Waals surface area contributed by atoms with E-state index in [-0.39, 0.29) is 11.6 Å². The lowest BCUT2D eigenvalue weighted by molar-refractivity contribution is -0.0143. The first kappa shape index (κ1) is 12.9. The van der Waals surface area contributed by atoms with Gasteiger partial charge in [0.2, 0.25) is 0 Å². The summed E-state index contributed by atoms with van der Waals surface area (Å²) < 4.78 is 5.67. The minimum Gasteiger partial charge on any atom is -0.374 e. The van der Waals surface area contributed by atoms with Gasteiger partial charge < -0.3 is 4.74 Å². The summed E-state index contributed by atoms with van der Waals surface area (Å²) in [5.74, 6) is 5.48. The van der Waals surface area contributed by atoms with Crippen molar-refractivity contribution in [3.05, 3.63) is 21.3 Å². The van der Waals surface area contributed by atoms with Crippen molar-refractivity contribution in [1.29, 1.82) is 0 Å². The highest BCUT2D eigenvalue weighted by atomic mass is 35.5. The van der Waals surface area contributed by atoms with E-state index in [9.17, 15) is 0 Å². The quantitative estimate of drug-likeness (QED) is 0.636. The van der Waals surface area contributed by atoms with Crippen LogP contribution >= 0.6 is 22.9 Å². The van der Waals surface area contributed by atoms with Crippen LogP contribution in [0.3, 0.4) is 0 Å². The molecule has 0 amide bonds. The third-order valence-corrected chi connectivity index (χ3v) is 3.32. The van der Waals surface area contributed by atoms with Gasteiger partial charge >= 0.3 is 0 Å². The number of nitrogens with two attached hydrogens (primary N) is 1. The van der Waals surface area contributed by atoms with Crippen LogP contribution in [0.25, 0.3) is 0 Å². The molecule has 0 spiro atoms. The molecule has 0 aliphatic heterocycles. The van der Waals surface area contributed by atoms with Crippen LogP contribution in [-0.2, 0) is 4.74 Å². The van der Waals surface area contributed by atoms with Gasteiger partial charge in [0.05, 0.1) is 23.3 Å². The first-order valence-electron chi connectivity index (χ1n) is 4.77. The molecule has 3 N–H and O–H groups in total. The average molecular weight is 249 g/mol. The van der Waals surface area contributed by atoms with E-state index in [4.69, 9.17) is 22.2 Å². The summed E-state index contributed by atoms with van der Waals surface area (Å²) in [6, 6.07) is 1.82. The van der Waals surface area contributed by atoms with Crippen molar-refractivity contribution in [1.82, 2.24) is 5.43 Å². The van der Waals surface area contributed by atoms with Crippen LogP contribution < -0.4 is 11.3 Å². The van der Waals surface area contributed by atoms with Crippen LogP contribution in [-0.4, -0.2) is 12.2 Å². The Morgan fingerprint density at radius 1 is 1.60 bits per heavy atom. The largest absolute Gasteiger partial charge is 0.374 e. The summed E-state index contributed by atoms with van der Waals surface area (Å²) in [5.41, 5.74) is 2.55. The summed E-state index contributed by atoms with van der Waals surface area (Å²) in [5, 5.41) is 2.68. The Labute approximate surface area is 99.5 Å². The smallest absolute Gasteiger partial charge is 0.0801 e. The van der Waals surface area contributed by atoms with Gasteiger partial charge in [0.1, 0.15) is 0 Å². The Kier molecular flexibility index (Phi) is 4.55. The number of nitrogens with one attached hydrogen (secondary N) is 1. The number of rotatable bonds is 4. The van der Waals surface area contributed by atoms with Gasteiger partial charge in [-0.25, -0.2) is 5.43 Å². The third-order valence-electron chi connectivity index (χ3n) is 1.85. The second-order valence-electron chi connectivity index (χ2n) is 4.28. The number of hydrogen-bond donors (Lipinski definition) is 2. The highest BCUT2D eigenvalue weighted by Crippen LogP contribution is 2.29. The lowest BCUT2D eigenvalue weighted by Gasteiger charge is -2.23. The van der Waals surface area contributed by atoms with Crippen molar-refractivity contribution in [3.8, 4) is 0 Å². The van der Waals surface area contributed by atoms with Crippen molar-refractivity contribution < 1.29 is 4.74 Å². The maximum Gasteiger partial charge on any atom is 0.0801 e. The Balaban J connectivity index is 2.61. The molecule has 1 aromatic heterocycles. The molecule has 0 aliphatic rings. The molecule has 0 saturated heterocycles. The van der Waals surface area contributed by atoms with Gasteiger partial charge in [-0.1, -0.05) is 11.6 Å². The molecule has 0 aromatic carbocycles. The van der Waals surface area contributed by atoms with Gasteiger partial charge in [0.25, 0.3) is 0 Å². The van der Waals surface area contributed by atoms with E-state index < -0.39 is 0 Å². The van der Waals surface area contributed by atoms with E-state index >= 15 is 0 Å². The molecule has 0 fully saturated rings. The number of hydrogen-bond acceptors (Lipinski definition) is 4. The van der Waals surface area contributed by atoms with Crippen molar-refractivity contribution in [2.45, 2.75) is 32.4 Å². The SMILES string of the molecule is CC(C)(C)OCC(NN)c1sccc1Cl. The Morgan fingerprint density at radius 2 is 2.27 bits per heavy atom. The summed E-state index contributed by atoms with van der Waals surface area (Å²) in [6.45, 7) is 6.55. The number of thiophene rings is 1. The first-order valence-corrected chi connectivity index (χ1v) is 6.03. The fraction of sp³-hybridized carbons (Fsp3) is 0.600. The van der Waals surface area contributed by atoms with Crippen molar-refractivity contribution in [2.24, 2.45) is 5.84 Å². The van der Waals surface area contributed by atoms with Gasteiger partial charge in [0, 0.05) is 4.88 Å². The second-order valence-corrected chi connectivity index (χ2v) is 5.63. The zero-order chi connectivity index (χ0) is 11.5. The van der Waals surface area contributed by atoms with Crippen LogP contribution in [0.4, 0.5) is 0 Å². The minimum absolute atomic E-state index is 0.0447. The average Bonchev–Trinajstić information content (AvgIpc) is 2.52. The number of hydrazine groups is 1. The van der Waals surface area contributed by atoms with Gasteiger partial charge in [-0.05, 0) is 32.2 Å². The zero-order valence-corrected chi connectivity index (χ0v) is 10.8. The molecule has 15 heavy (non-hydrogen) atoms. The van der Waals surface area contributed by atoms with Crippen LogP contribution in [0, 0.1) is 0 Å². The summed E-state index contributed by atoms with van der Waals surface area (Å²) in [6.07, 6.45) is 0. The fourth-order valence-electron chi connectivity index (χ4n) is 1.09. The third kappa shape index (κ3) is 4.09. The molecule has 5 heteroatoms. The lowest BCUT2D eigenvalue weighted by atomic mass is 10.2. The Morgan fingerprint density at radius 3 is 2.67 bits per heavy atom. The molecule has 1 aromatic rings. The zero-order valence-electron chi connectivity index (χ0n) is 9.21. The number of ether oxygens (including phenoxy) is 1. The fourth-order valence-corrected chi connectivity index (χ4v) is 2.32. The molecule has 0 saturated carbocycles. The molecular formula is C10H17ClN2OS. The normalized spacial score (nSPS) is 14.2. The lowest BCUT2D eigenvalue weighted by Crippen LogP contribution is -2.34. The monoisotopic (exact) mass is 248 g/mol. The van der Waals surface area contributed by atoms with Crippen LogP contribution in [0.2, 0.25) is 5.02 Å². The Bertz CT molecular complexity index is 309. The van der Waals surface area contributed by atoms with E-state index in [0.29, 0.717) is 6.61 Å². The van der Waals surface area contributed by atoms with Gasteiger partial charge in [-0.3, -0.25) is 5.84 Å². The van der Waals surface area contributed by atoms with Gasteiger partial charge in [-0.15, -0.1) is 11.3 Å². The molecule has 0 radical (unpaired) electrons. The van der Waals surface area contributed by atoms with Crippen molar-refractivity contribution in [3.63, 3.8) is 0 Å². The molecule has 1 atom stereocenters. The maximum absolute atomic E-state index is 6.02. The molecule has 1 heterocycles. The van der Waals surface area contributed by atoms with Crippen LogP contribution in [0.15, 0.2) is 11.4 Å². The molecule has 1 unspecified atom stereocenters. The van der Waals surface area contributed by atoms with E-state index in [1.54, 1.807) is 11.3 Å². The molecular weight excluding hydrogens is 232 g/mol. The summed E-state index contributed by atoms with van der Waals surface area (Å²) in [7, 11) is 0. The molecule has 3 nitrogen and oxygen atoms in total. The summed E-state index contributed by atoms with van der Waals surface area (Å²) in [4.78, 5) is 1.02. The standard InChI is InChI=1S/C10H17ClN2OS/c1-10(2,3)14-6-8(13-12)9-7(11)4-5-15-9/h4-5,8,13H,6,12H2,1-3H3. The van der Waals surface area contributed by atoms with Gasteiger partial charge in [0.15, 0.2) is 0 Å². The van der Waals surface area contributed by atoms with Crippen molar-refractivity contribution >= 4 is 22.9 Å². The van der Waals surface area contributed by atoms with E-state index in [1.165, 1.54) is 0 Å². The molecule has 86 valence electrons. The predicted octanol–water partition coefficient (Wildman–Crippen LogP) is 2.72. The van der Waals surface area contributed by atoms with E-state index in [0.717, 1.165) is 9.90 Å². The second kappa shape index (κ2) is 5.27. The number of halogens is 1. The van der Waals surface area contributed by atoms with Gasteiger partial charge in [-0.2, -0.15) is 0 Å². The highest BCUT2D eigenvalue weighted by molar-refractivity contribution is 7.10. The molecule has 0 bridgehead atoms. The minimum atomic E-state index is -0.168. The van der Waals surface area contributed by atoms with E-state index in [2.05, 4.69) is 5.43 Å². The predicted molar refractivity (Wildman–Crippen MR) is 65.1 cm³/mol. The highest BCUT2D eigenvalue weighted by Gasteiger charge is 2.18. The van der Waals surface area contributed by atoms with Crippen LogP contribution in [0.1, 0.15) is 31.7 Å². The molecule has 1 rings (SSSR count). The van der Waals surface area contributed by atoms with Crippen LogP contribution in [0.5, 0.6) is 0 Å². The maximum atomic E-state index is 6.02. The topological polar surface area (TPSA) is 47.3 Å². The summed E-state index contributed by atoms with van der Waals surface area (Å²) >= 11 is 7.60. The Hall–Kier alpha value is -0.130.